The first kappa shape index (κ1) is 33.0. The number of fused-ring (bicyclic) bond motifs is 2. The summed E-state index contributed by atoms with van der Waals surface area (Å²) < 4.78 is 0. The van der Waals surface area contributed by atoms with E-state index < -0.39 is 35.5 Å². The van der Waals surface area contributed by atoms with Gasteiger partial charge in [-0.3, -0.25) is 19.2 Å². The number of likely N-dealkylation sites (N-methyl/N-ethyl adjacent to an activating group) is 1. The number of hydrogen-bond acceptors (Lipinski definition) is 6. The van der Waals surface area contributed by atoms with Gasteiger partial charge in [0.1, 0.15) is 12.1 Å². The Morgan fingerprint density at radius 1 is 1.00 bits per heavy atom. The molecule has 2 aliphatic heterocycles. The molecule has 3 aliphatic rings. The fraction of sp³-hybridized carbons (Fsp3) is 0.543. The van der Waals surface area contributed by atoms with E-state index in [0.717, 1.165) is 29.5 Å². The first-order valence-corrected chi connectivity index (χ1v) is 17.2. The van der Waals surface area contributed by atoms with Crippen LogP contribution < -0.4 is 21.3 Å². The van der Waals surface area contributed by atoms with Crippen molar-refractivity contribution in [1.29, 1.82) is 0 Å². The maximum absolute atomic E-state index is 14.4. The first-order chi connectivity index (χ1) is 21.5. The molecule has 0 spiro atoms. The van der Waals surface area contributed by atoms with Gasteiger partial charge in [-0.05, 0) is 79.5 Å². The van der Waals surface area contributed by atoms with Gasteiger partial charge in [-0.1, -0.05) is 69.3 Å². The lowest BCUT2D eigenvalue weighted by atomic mass is 9.78. The van der Waals surface area contributed by atoms with Gasteiger partial charge < -0.3 is 26.2 Å². The number of nitrogens with one attached hydrogen (secondary N) is 4. The fourth-order valence-electron chi connectivity index (χ4n) is 6.95. The highest BCUT2D eigenvalue weighted by Gasteiger charge is 2.55. The summed E-state index contributed by atoms with van der Waals surface area (Å²) in [6.45, 7) is 8.33. The minimum atomic E-state index is -0.739. The van der Waals surface area contributed by atoms with E-state index in [1.807, 2.05) is 44.2 Å². The number of amides is 4. The second-order valence-corrected chi connectivity index (χ2v) is 14.5. The molecule has 4 N–H and O–H groups in total. The van der Waals surface area contributed by atoms with Crippen molar-refractivity contribution in [2.24, 2.45) is 11.3 Å². The van der Waals surface area contributed by atoms with Crippen LogP contribution in [0.3, 0.4) is 0 Å². The molecule has 1 aliphatic carbocycles. The molecule has 4 amide bonds. The molecule has 2 heterocycles. The van der Waals surface area contributed by atoms with Gasteiger partial charge in [0, 0.05) is 6.54 Å². The lowest BCUT2D eigenvalue weighted by Crippen LogP contribution is -2.58. The van der Waals surface area contributed by atoms with Gasteiger partial charge in [0.15, 0.2) is 0 Å². The molecule has 0 bridgehead atoms. The van der Waals surface area contributed by atoms with E-state index in [0.29, 0.717) is 31.6 Å². The molecule has 45 heavy (non-hydrogen) atoms. The van der Waals surface area contributed by atoms with Crippen molar-refractivity contribution in [3.05, 3.63) is 70.8 Å². The topological polar surface area (TPSA) is 120 Å². The molecule has 242 valence electrons. The SMILES string of the molecule is CCc1ccc(CNC(=O)[C@@H]2CCc3ccccc3[C@@H]2NC(=O)[C@H]2N3C(=O)[C@@H](NC(=O)[C@H](C)NC)CCSC3CC2(C)C)cc1. The van der Waals surface area contributed by atoms with Crippen LogP contribution in [0, 0.1) is 11.3 Å². The Morgan fingerprint density at radius 2 is 1.71 bits per heavy atom. The second-order valence-electron chi connectivity index (χ2n) is 13.2. The summed E-state index contributed by atoms with van der Waals surface area (Å²) in [7, 11) is 1.70. The van der Waals surface area contributed by atoms with Crippen molar-refractivity contribution in [2.45, 2.75) is 95.9 Å². The van der Waals surface area contributed by atoms with Gasteiger partial charge in [0.2, 0.25) is 23.6 Å². The molecular formula is C35H47N5O4S. The highest BCUT2D eigenvalue weighted by Crippen LogP contribution is 2.47. The molecular weight excluding hydrogens is 586 g/mol. The maximum atomic E-state index is 14.4. The molecule has 0 aromatic heterocycles. The van der Waals surface area contributed by atoms with E-state index in [-0.39, 0.29) is 29.0 Å². The van der Waals surface area contributed by atoms with Crippen molar-refractivity contribution < 1.29 is 19.2 Å². The molecule has 6 atom stereocenters. The summed E-state index contributed by atoms with van der Waals surface area (Å²) in [5.74, 6) is -0.575. The Labute approximate surface area is 271 Å². The van der Waals surface area contributed by atoms with E-state index in [9.17, 15) is 19.2 Å². The Bertz CT molecular complexity index is 1410. The molecule has 2 fully saturated rings. The predicted octanol–water partition coefficient (Wildman–Crippen LogP) is 3.47. The van der Waals surface area contributed by atoms with Crippen molar-refractivity contribution in [1.82, 2.24) is 26.2 Å². The van der Waals surface area contributed by atoms with E-state index in [1.165, 1.54) is 5.56 Å². The van der Waals surface area contributed by atoms with E-state index >= 15 is 0 Å². The Balaban J connectivity index is 1.37. The smallest absolute Gasteiger partial charge is 0.246 e. The van der Waals surface area contributed by atoms with Crippen LogP contribution >= 0.6 is 11.8 Å². The normalized spacial score (nSPS) is 26.2. The number of benzene rings is 2. The molecule has 1 unspecified atom stereocenters. The number of rotatable bonds is 9. The average molecular weight is 634 g/mol. The first-order valence-electron chi connectivity index (χ1n) is 16.2. The summed E-state index contributed by atoms with van der Waals surface area (Å²) in [4.78, 5) is 56.6. The van der Waals surface area contributed by atoms with Crippen molar-refractivity contribution >= 4 is 35.4 Å². The summed E-state index contributed by atoms with van der Waals surface area (Å²) in [6, 6.07) is 13.8. The zero-order valence-corrected chi connectivity index (χ0v) is 27.8. The van der Waals surface area contributed by atoms with Gasteiger partial charge in [0.25, 0.3) is 0 Å². The number of carbonyl (C=O) groups excluding carboxylic acids is 4. The summed E-state index contributed by atoms with van der Waals surface area (Å²) >= 11 is 1.67. The van der Waals surface area contributed by atoms with Crippen molar-refractivity contribution in [3.8, 4) is 0 Å². The Morgan fingerprint density at radius 3 is 2.42 bits per heavy atom. The zero-order chi connectivity index (χ0) is 32.3. The van der Waals surface area contributed by atoms with Crippen molar-refractivity contribution in [3.63, 3.8) is 0 Å². The van der Waals surface area contributed by atoms with Gasteiger partial charge in [0.05, 0.1) is 23.4 Å². The van der Waals surface area contributed by atoms with Crippen LogP contribution in [-0.4, -0.2) is 64.8 Å². The predicted molar refractivity (Wildman–Crippen MR) is 177 cm³/mol. The number of nitrogens with zero attached hydrogens (tertiary/aromatic N) is 1. The summed E-state index contributed by atoms with van der Waals surface area (Å²) in [5.41, 5.74) is 3.83. The quantitative estimate of drug-likeness (QED) is 0.336. The van der Waals surface area contributed by atoms with E-state index in [4.69, 9.17) is 0 Å². The fourth-order valence-corrected chi connectivity index (χ4v) is 8.52. The van der Waals surface area contributed by atoms with Crippen LogP contribution in [0.4, 0.5) is 0 Å². The molecule has 0 radical (unpaired) electrons. The standard InChI is InChI=1S/C35H47N5O4S/c1-6-22-11-13-23(14-12-22)20-37-32(42)26-16-15-24-9-7-8-10-25(24)29(26)39-33(43)30-35(3,4)19-28-40(30)34(44)27(17-18-45-28)38-31(41)21(2)36-5/h7-14,21,26-30,36H,6,15-20H2,1-5H3,(H,37,42)(H,38,41)(H,39,43)/t21-,26+,27-,28?,29-,30+/m0/s1. The molecule has 9 nitrogen and oxygen atoms in total. The summed E-state index contributed by atoms with van der Waals surface area (Å²) in [6.07, 6.45) is 3.48. The highest BCUT2D eigenvalue weighted by atomic mass is 32.2. The number of thioether (sulfide) groups is 1. The molecule has 2 aromatic rings. The van der Waals surface area contributed by atoms with Gasteiger partial charge in [-0.15, -0.1) is 11.8 Å². The monoisotopic (exact) mass is 633 g/mol. The molecule has 10 heteroatoms. The third kappa shape index (κ3) is 7.07. The lowest BCUT2D eigenvalue weighted by molar-refractivity contribution is -0.144. The zero-order valence-electron chi connectivity index (χ0n) is 27.0. The van der Waals surface area contributed by atoms with Gasteiger partial charge >= 0.3 is 0 Å². The lowest BCUT2D eigenvalue weighted by Gasteiger charge is -2.38. The minimum absolute atomic E-state index is 0.0965. The highest BCUT2D eigenvalue weighted by molar-refractivity contribution is 7.99. The second kappa shape index (κ2) is 14.0. The number of aryl methyl sites for hydroxylation is 2. The minimum Gasteiger partial charge on any atom is -0.352 e. The van der Waals surface area contributed by atoms with Gasteiger partial charge in [-0.25, -0.2) is 0 Å². The molecule has 2 aromatic carbocycles. The molecule has 2 saturated heterocycles. The van der Waals surface area contributed by atoms with Crippen LogP contribution in [-0.2, 0) is 38.6 Å². The average Bonchev–Trinajstić information content (AvgIpc) is 3.23. The largest absolute Gasteiger partial charge is 0.352 e. The van der Waals surface area contributed by atoms with E-state index in [2.05, 4.69) is 46.4 Å². The van der Waals surface area contributed by atoms with E-state index in [1.54, 1.807) is 30.6 Å². The Kier molecular flexibility index (Phi) is 10.2. The number of hydrogen-bond donors (Lipinski definition) is 4. The Hall–Kier alpha value is -3.37. The van der Waals surface area contributed by atoms with Crippen molar-refractivity contribution in [2.75, 3.05) is 12.8 Å². The van der Waals surface area contributed by atoms with Gasteiger partial charge in [-0.2, -0.15) is 0 Å². The number of carbonyl (C=O) groups is 4. The summed E-state index contributed by atoms with van der Waals surface area (Å²) in [5, 5.41) is 12.1. The van der Waals surface area contributed by atoms with Crippen LogP contribution in [0.5, 0.6) is 0 Å². The third-order valence-corrected chi connectivity index (χ3v) is 11.0. The third-order valence-electron chi connectivity index (χ3n) is 9.74. The van der Waals surface area contributed by atoms with Crippen LogP contribution in [0.25, 0.3) is 0 Å². The molecule has 0 saturated carbocycles. The van der Waals surface area contributed by atoms with Crippen LogP contribution in [0.2, 0.25) is 0 Å². The molecule has 5 rings (SSSR count). The van der Waals surface area contributed by atoms with Crippen LogP contribution in [0.15, 0.2) is 48.5 Å². The van der Waals surface area contributed by atoms with Crippen LogP contribution in [0.1, 0.15) is 75.3 Å². The maximum Gasteiger partial charge on any atom is 0.246 e.